The molecule has 0 saturated carbocycles. The van der Waals surface area contributed by atoms with E-state index in [2.05, 4.69) is 141 Å². The van der Waals surface area contributed by atoms with E-state index in [0.29, 0.717) is 16.7 Å². The van der Waals surface area contributed by atoms with Crippen LogP contribution in [0.25, 0.3) is 127 Å². The highest BCUT2D eigenvalue weighted by molar-refractivity contribution is 6.14. The van der Waals surface area contributed by atoms with Gasteiger partial charge in [0.2, 0.25) is 0 Å². The van der Waals surface area contributed by atoms with Crippen molar-refractivity contribution in [2.24, 2.45) is 0 Å². The zero-order chi connectivity index (χ0) is 51.5. The summed E-state index contributed by atoms with van der Waals surface area (Å²) < 4.78 is 47.0. The van der Waals surface area contributed by atoms with E-state index in [-0.39, 0.29) is 5.69 Å². The van der Waals surface area contributed by atoms with Gasteiger partial charge in [-0.1, -0.05) is 170 Å². The lowest BCUT2D eigenvalue weighted by atomic mass is 9.93. The van der Waals surface area contributed by atoms with E-state index in [9.17, 15) is 18.4 Å². The van der Waals surface area contributed by atoms with Crippen LogP contribution in [0.5, 0.6) is 0 Å². The average molecular weight is 983 g/mol. The molecule has 0 aliphatic heterocycles. The lowest BCUT2D eigenvalue weighted by molar-refractivity contribution is -0.137. The van der Waals surface area contributed by atoms with Gasteiger partial charge in [-0.3, -0.25) is 0 Å². The van der Waals surface area contributed by atoms with E-state index >= 15 is 0 Å². The molecule has 0 amide bonds. The van der Waals surface area contributed by atoms with Crippen molar-refractivity contribution in [2.45, 2.75) is 6.18 Å². The molecule has 0 radical (unpaired) electrons. The quantitative estimate of drug-likeness (QED) is 0.140. The van der Waals surface area contributed by atoms with Crippen molar-refractivity contribution in [2.75, 3.05) is 0 Å². The lowest BCUT2D eigenvalue weighted by Crippen LogP contribution is -2.04. The van der Waals surface area contributed by atoms with Crippen LogP contribution in [0.4, 0.5) is 18.9 Å². The summed E-state index contributed by atoms with van der Waals surface area (Å²) in [5.41, 5.74) is 15.7. The fraction of sp³-hybridized carbons (Fsp3) is 0.0145. The first-order valence-electron chi connectivity index (χ1n) is 24.9. The first-order valence-corrected chi connectivity index (χ1v) is 24.9. The highest BCUT2D eigenvalue weighted by atomic mass is 19.4. The van der Waals surface area contributed by atoms with Crippen molar-refractivity contribution < 1.29 is 13.2 Å². The predicted octanol–water partition coefficient (Wildman–Crippen LogP) is 19.3. The molecular weight excluding hydrogens is 942 g/mol. The number of benzene rings is 11. The monoisotopic (exact) mass is 982 g/mol. The second-order valence-corrected chi connectivity index (χ2v) is 19.0. The number of rotatable bonds is 8. The normalized spacial score (nSPS) is 11.6. The maximum absolute atomic E-state index is 14.2. The number of fused-ring (bicyclic) bond motifs is 6. The summed E-state index contributed by atoms with van der Waals surface area (Å²) >= 11 is 0. The van der Waals surface area contributed by atoms with E-state index in [1.54, 1.807) is 0 Å². The molecular formula is C69H41F3N4. The highest BCUT2D eigenvalue weighted by Gasteiger charge is 2.31. The summed E-state index contributed by atoms with van der Waals surface area (Å²) in [6, 6.07) is 84.7. The molecule has 0 fully saturated rings. The third-order valence-electron chi connectivity index (χ3n) is 14.6. The zero-order valence-corrected chi connectivity index (χ0v) is 40.6. The Balaban J connectivity index is 1.12. The lowest BCUT2D eigenvalue weighted by Gasteiger charge is -2.20. The molecule has 0 unspecified atom stereocenters. The molecule has 13 aromatic rings. The van der Waals surface area contributed by atoms with Gasteiger partial charge in [0.15, 0.2) is 5.69 Å². The van der Waals surface area contributed by atoms with E-state index < -0.39 is 11.7 Å². The number of aromatic nitrogens is 2. The second kappa shape index (κ2) is 18.4. The SMILES string of the molecule is [C-]#[N+]c1cc(C(F)(F)F)ccc1-c1ccc(-n2c3ccc(-c4ccccc4)cc3c3cc(-c4ccccc4)ccc32)c(-c2ccc(C#N)cc2-n2c3ccc(-c4ccccc4)cc3c3cc(-c4ccccc4)ccc32)c1. The largest absolute Gasteiger partial charge is 0.415 e. The van der Waals surface area contributed by atoms with Gasteiger partial charge in [-0.05, 0) is 134 Å². The fourth-order valence-corrected chi connectivity index (χ4v) is 11.0. The van der Waals surface area contributed by atoms with Crippen LogP contribution in [-0.2, 0) is 6.18 Å². The van der Waals surface area contributed by atoms with Gasteiger partial charge in [-0.2, -0.15) is 18.4 Å². The average Bonchev–Trinajstić information content (AvgIpc) is 4.06. The van der Waals surface area contributed by atoms with E-state index in [0.717, 1.165) is 123 Å². The molecule has 2 aromatic heterocycles. The van der Waals surface area contributed by atoms with Crippen LogP contribution in [0.15, 0.2) is 249 Å². The van der Waals surface area contributed by atoms with Crippen molar-refractivity contribution in [3.63, 3.8) is 0 Å². The van der Waals surface area contributed by atoms with Crippen LogP contribution in [0.3, 0.4) is 0 Å². The molecule has 358 valence electrons. The van der Waals surface area contributed by atoms with Gasteiger partial charge in [-0.15, -0.1) is 0 Å². The Hall–Kier alpha value is -10.2. The van der Waals surface area contributed by atoms with Crippen LogP contribution in [-0.4, -0.2) is 9.13 Å². The maximum atomic E-state index is 14.2. The summed E-state index contributed by atoms with van der Waals surface area (Å²) in [5, 5.41) is 14.8. The topological polar surface area (TPSA) is 38.0 Å². The minimum absolute atomic E-state index is 0.113. The second-order valence-electron chi connectivity index (χ2n) is 19.0. The van der Waals surface area contributed by atoms with Crippen molar-refractivity contribution in [1.29, 1.82) is 5.26 Å². The molecule has 7 heteroatoms. The van der Waals surface area contributed by atoms with Crippen LogP contribution < -0.4 is 0 Å². The Morgan fingerprint density at radius 1 is 0.355 bits per heavy atom. The molecule has 0 N–H and O–H groups in total. The number of halogens is 3. The van der Waals surface area contributed by atoms with Gasteiger partial charge in [0, 0.05) is 38.2 Å². The zero-order valence-electron chi connectivity index (χ0n) is 40.6. The molecule has 0 bridgehead atoms. The first-order chi connectivity index (χ1) is 37.2. The van der Waals surface area contributed by atoms with Crippen molar-refractivity contribution in [3.05, 3.63) is 271 Å². The Labute approximate surface area is 436 Å². The third-order valence-corrected chi connectivity index (χ3v) is 14.6. The van der Waals surface area contributed by atoms with Gasteiger partial charge < -0.3 is 9.13 Å². The smallest absolute Gasteiger partial charge is 0.309 e. The molecule has 0 aliphatic carbocycles. The molecule has 0 saturated heterocycles. The summed E-state index contributed by atoms with van der Waals surface area (Å²) in [6.07, 6.45) is -4.63. The standard InChI is InChI=1S/C69H41F3N4/c1-74-62-42-54(69(70,71)72)28-30-55(62)53-27-35-63(75-64-31-23-49(45-14-6-2-7-15-45)37-58(64)59-38-50(24-32-65(59)75)46-16-8-3-9-17-46)57(41-53)56-29-22-44(43-73)36-68(56)76-66-33-25-51(47-18-10-4-11-19-47)39-60(66)61-40-52(26-34-67(61)76)48-20-12-5-13-21-48/h2-42H. The van der Waals surface area contributed by atoms with Gasteiger partial charge in [0.1, 0.15) is 0 Å². The number of nitriles is 1. The Morgan fingerprint density at radius 3 is 1.14 bits per heavy atom. The summed E-state index contributed by atoms with van der Waals surface area (Å²) in [7, 11) is 0. The predicted molar refractivity (Wildman–Crippen MR) is 304 cm³/mol. The number of hydrogen-bond acceptors (Lipinski definition) is 1. The molecule has 0 aliphatic rings. The minimum Gasteiger partial charge on any atom is -0.309 e. The summed E-state index contributed by atoms with van der Waals surface area (Å²) in [4.78, 5) is 3.66. The van der Waals surface area contributed by atoms with Crippen LogP contribution >= 0.6 is 0 Å². The molecule has 0 spiro atoms. The fourth-order valence-electron chi connectivity index (χ4n) is 11.0. The first kappa shape index (κ1) is 45.6. The van der Waals surface area contributed by atoms with Crippen molar-refractivity contribution in [3.8, 4) is 84.2 Å². The van der Waals surface area contributed by atoms with Crippen LogP contribution in [0.1, 0.15) is 11.1 Å². The Morgan fingerprint density at radius 2 is 0.750 bits per heavy atom. The molecule has 11 aromatic carbocycles. The van der Waals surface area contributed by atoms with Crippen LogP contribution in [0.2, 0.25) is 0 Å². The number of nitrogens with zero attached hydrogens (tertiary/aromatic N) is 4. The molecule has 13 rings (SSSR count). The minimum atomic E-state index is -4.63. The van der Waals surface area contributed by atoms with Crippen LogP contribution in [0, 0.1) is 17.9 Å². The van der Waals surface area contributed by atoms with Gasteiger partial charge >= 0.3 is 6.18 Å². The van der Waals surface area contributed by atoms with Gasteiger partial charge in [0.05, 0.1) is 51.6 Å². The van der Waals surface area contributed by atoms with Gasteiger partial charge in [0.25, 0.3) is 0 Å². The van der Waals surface area contributed by atoms with Crippen molar-refractivity contribution in [1.82, 2.24) is 9.13 Å². The summed E-state index contributed by atoms with van der Waals surface area (Å²) in [6.45, 7) is 8.13. The highest BCUT2D eigenvalue weighted by Crippen LogP contribution is 2.46. The van der Waals surface area contributed by atoms with E-state index in [1.807, 2.05) is 109 Å². The number of hydrogen-bond donors (Lipinski definition) is 0. The molecule has 0 atom stereocenters. The maximum Gasteiger partial charge on any atom is 0.415 e. The molecule has 76 heavy (non-hydrogen) atoms. The van der Waals surface area contributed by atoms with Crippen molar-refractivity contribution >= 4 is 49.3 Å². The molecule has 4 nitrogen and oxygen atoms in total. The number of alkyl halides is 3. The van der Waals surface area contributed by atoms with Gasteiger partial charge in [-0.25, -0.2) is 4.85 Å². The summed E-state index contributed by atoms with van der Waals surface area (Å²) in [5.74, 6) is 0. The Kier molecular flexibility index (Phi) is 11.0. The van der Waals surface area contributed by atoms with E-state index in [1.165, 1.54) is 6.07 Å². The Bertz CT molecular complexity index is 4310. The third kappa shape index (κ3) is 7.87. The van der Waals surface area contributed by atoms with E-state index in [4.69, 9.17) is 6.57 Å². The molecule has 2 heterocycles.